The van der Waals surface area contributed by atoms with Gasteiger partial charge in [-0.2, -0.15) is 0 Å². The number of esters is 1. The Balaban J connectivity index is 1.51. The van der Waals surface area contributed by atoms with E-state index in [9.17, 15) is 9.59 Å². The van der Waals surface area contributed by atoms with Crippen LogP contribution < -0.4 is 0 Å². The fourth-order valence-corrected chi connectivity index (χ4v) is 5.95. The van der Waals surface area contributed by atoms with Crippen molar-refractivity contribution in [3.05, 3.63) is 35.0 Å². The van der Waals surface area contributed by atoms with Crippen LogP contribution in [0.25, 0.3) is 10.9 Å². The number of benzene rings is 1. The van der Waals surface area contributed by atoms with Crippen molar-refractivity contribution in [3.8, 4) is 0 Å². The lowest BCUT2D eigenvalue weighted by atomic mass is 9.98. The third-order valence-corrected chi connectivity index (χ3v) is 7.96. The summed E-state index contributed by atoms with van der Waals surface area (Å²) in [4.78, 5) is 30.1. The van der Waals surface area contributed by atoms with Crippen LogP contribution in [0.5, 0.6) is 0 Å². The maximum absolute atomic E-state index is 13.3. The second-order valence-corrected chi connectivity index (χ2v) is 9.95. The highest BCUT2D eigenvalue weighted by atomic mass is 16.5. The zero-order chi connectivity index (χ0) is 22.2. The van der Waals surface area contributed by atoms with Gasteiger partial charge in [0.25, 0.3) is 5.91 Å². The predicted octanol–water partition coefficient (Wildman–Crippen LogP) is 3.99. The lowest BCUT2D eigenvalue weighted by Crippen LogP contribution is -2.38. The summed E-state index contributed by atoms with van der Waals surface area (Å²) in [6, 6.07) is 6.73. The molecule has 6 nitrogen and oxygen atoms in total. The maximum Gasteiger partial charge on any atom is 0.325 e. The van der Waals surface area contributed by atoms with Crippen LogP contribution in [0.1, 0.15) is 67.1 Å². The minimum atomic E-state index is -0.231. The highest BCUT2D eigenvalue weighted by Gasteiger charge is 2.31. The average molecular weight is 438 g/mol. The Morgan fingerprint density at radius 1 is 1.06 bits per heavy atom. The minimum Gasteiger partial charge on any atom is -0.468 e. The predicted molar refractivity (Wildman–Crippen MR) is 125 cm³/mol. The molecule has 1 amide bonds. The molecular formula is C26H35N3O3. The normalized spacial score (nSPS) is 20.6. The number of methoxy groups -OCH3 is 1. The third kappa shape index (κ3) is 3.94. The largest absolute Gasteiger partial charge is 0.468 e. The quantitative estimate of drug-likeness (QED) is 0.679. The van der Waals surface area contributed by atoms with Gasteiger partial charge in [-0.1, -0.05) is 19.8 Å². The molecular weight excluding hydrogens is 402 g/mol. The lowest BCUT2D eigenvalue weighted by molar-refractivity contribution is -0.141. The van der Waals surface area contributed by atoms with Crippen molar-refractivity contribution in [3.63, 3.8) is 0 Å². The first kappa shape index (κ1) is 21.5. The number of amides is 1. The zero-order valence-corrected chi connectivity index (χ0v) is 19.4. The Morgan fingerprint density at radius 2 is 1.81 bits per heavy atom. The molecule has 2 fully saturated rings. The molecule has 0 atom stereocenters. The molecule has 5 rings (SSSR count). The number of likely N-dealkylation sites (tertiary alicyclic amines) is 1. The fraction of sp³-hybridized carbons (Fsp3) is 0.615. The molecule has 1 aromatic heterocycles. The van der Waals surface area contributed by atoms with E-state index in [1.165, 1.54) is 44.1 Å². The summed E-state index contributed by atoms with van der Waals surface area (Å²) in [5.41, 5.74) is 4.33. The smallest absolute Gasteiger partial charge is 0.325 e. The van der Waals surface area contributed by atoms with Crippen molar-refractivity contribution < 1.29 is 14.3 Å². The third-order valence-electron chi connectivity index (χ3n) is 7.96. The highest BCUT2D eigenvalue weighted by Crippen LogP contribution is 2.35. The van der Waals surface area contributed by atoms with Crippen molar-refractivity contribution in [1.82, 2.24) is 14.4 Å². The van der Waals surface area contributed by atoms with Crippen LogP contribution in [-0.2, 0) is 29.0 Å². The first-order valence-electron chi connectivity index (χ1n) is 12.3. The van der Waals surface area contributed by atoms with Crippen molar-refractivity contribution in [2.24, 2.45) is 5.92 Å². The van der Waals surface area contributed by atoms with Gasteiger partial charge in [-0.15, -0.1) is 0 Å². The summed E-state index contributed by atoms with van der Waals surface area (Å²) in [7, 11) is 1.44. The van der Waals surface area contributed by atoms with Crippen LogP contribution in [-0.4, -0.2) is 59.0 Å². The molecule has 6 heteroatoms. The van der Waals surface area contributed by atoms with E-state index in [0.717, 1.165) is 61.9 Å². The highest BCUT2D eigenvalue weighted by molar-refractivity contribution is 5.99. The first-order valence-corrected chi connectivity index (χ1v) is 12.3. The number of rotatable bonds is 4. The Morgan fingerprint density at radius 3 is 2.53 bits per heavy atom. The number of hydrogen-bond acceptors (Lipinski definition) is 4. The average Bonchev–Trinajstić information content (AvgIpc) is 3.46. The second kappa shape index (κ2) is 8.89. The Bertz CT molecular complexity index is 1010. The van der Waals surface area contributed by atoms with Gasteiger partial charge in [-0.3, -0.25) is 14.5 Å². The molecule has 32 heavy (non-hydrogen) atoms. The molecule has 0 spiro atoms. The van der Waals surface area contributed by atoms with Crippen molar-refractivity contribution in [1.29, 1.82) is 0 Å². The minimum absolute atomic E-state index is 0.136. The monoisotopic (exact) mass is 437 g/mol. The molecule has 1 aliphatic carbocycles. The van der Waals surface area contributed by atoms with Gasteiger partial charge in [0.05, 0.1) is 7.11 Å². The molecule has 3 heterocycles. The number of carbonyl (C=O) groups is 2. The molecule has 2 aliphatic heterocycles. The number of fused-ring (bicyclic) bond motifs is 3. The van der Waals surface area contributed by atoms with E-state index in [4.69, 9.17) is 4.74 Å². The molecule has 0 N–H and O–H groups in total. The molecule has 2 aromatic rings. The topological polar surface area (TPSA) is 54.8 Å². The Kier molecular flexibility index (Phi) is 5.97. The number of nitrogens with zero attached hydrogens (tertiary/aromatic N) is 3. The van der Waals surface area contributed by atoms with Crippen LogP contribution in [0.15, 0.2) is 18.2 Å². The van der Waals surface area contributed by atoms with Gasteiger partial charge in [0.1, 0.15) is 6.54 Å². The standard InChI is InChI=1S/C26H35N3O3/c1-18-9-12-27(13-10-18)26(31)19-7-8-23-21(15-19)22-16-28(20-5-3-4-6-20)14-11-24(22)29(23)17-25(30)32-2/h7-8,15,18,20H,3-6,9-14,16-17H2,1-2H3. The maximum atomic E-state index is 13.3. The van der Waals surface area contributed by atoms with Crippen LogP contribution in [0.2, 0.25) is 0 Å². The van der Waals surface area contributed by atoms with Crippen LogP contribution in [0.4, 0.5) is 0 Å². The molecule has 0 unspecified atom stereocenters. The number of ether oxygens (including phenoxy) is 1. The SMILES string of the molecule is COC(=O)Cn1c2c(c3cc(C(=O)N4CCC(C)CC4)ccc31)CN(C1CCCC1)CC2. The van der Waals surface area contributed by atoms with E-state index in [0.29, 0.717) is 12.0 Å². The van der Waals surface area contributed by atoms with E-state index in [1.54, 1.807) is 0 Å². The van der Waals surface area contributed by atoms with E-state index in [-0.39, 0.29) is 18.4 Å². The zero-order valence-electron chi connectivity index (χ0n) is 19.4. The molecule has 1 aromatic carbocycles. The first-order chi connectivity index (χ1) is 15.5. The number of hydrogen-bond donors (Lipinski definition) is 0. The molecule has 3 aliphatic rings. The van der Waals surface area contributed by atoms with Gasteiger partial charge in [-0.25, -0.2) is 0 Å². The summed E-state index contributed by atoms with van der Waals surface area (Å²) in [6.07, 6.45) is 8.31. The second-order valence-electron chi connectivity index (χ2n) is 9.95. The summed E-state index contributed by atoms with van der Waals surface area (Å²) in [5, 5.41) is 1.13. The van der Waals surface area contributed by atoms with Crippen molar-refractivity contribution >= 4 is 22.8 Å². The van der Waals surface area contributed by atoms with Gasteiger partial charge in [0.2, 0.25) is 0 Å². The molecule has 1 saturated carbocycles. The van der Waals surface area contributed by atoms with Crippen molar-refractivity contribution in [2.45, 2.75) is 71.0 Å². The molecule has 0 bridgehead atoms. The number of carbonyl (C=O) groups excluding carboxylic acids is 2. The van der Waals surface area contributed by atoms with E-state index in [1.807, 2.05) is 17.0 Å². The fourth-order valence-electron chi connectivity index (χ4n) is 5.95. The van der Waals surface area contributed by atoms with Gasteiger partial charge < -0.3 is 14.2 Å². The molecule has 172 valence electrons. The van der Waals surface area contributed by atoms with E-state index in [2.05, 4.69) is 22.5 Å². The summed E-state index contributed by atoms with van der Waals surface area (Å²) in [5.74, 6) is 0.602. The lowest BCUT2D eigenvalue weighted by Gasteiger charge is -2.33. The van der Waals surface area contributed by atoms with Gasteiger partial charge in [0.15, 0.2) is 0 Å². The van der Waals surface area contributed by atoms with E-state index >= 15 is 0 Å². The summed E-state index contributed by atoms with van der Waals surface area (Å²) < 4.78 is 7.11. The van der Waals surface area contributed by atoms with Crippen LogP contribution >= 0.6 is 0 Å². The van der Waals surface area contributed by atoms with Crippen molar-refractivity contribution in [2.75, 3.05) is 26.7 Å². The number of piperidine rings is 1. The Hall–Kier alpha value is -2.34. The van der Waals surface area contributed by atoms with Crippen LogP contribution in [0, 0.1) is 5.92 Å². The molecule has 1 saturated heterocycles. The van der Waals surface area contributed by atoms with Gasteiger partial charge in [0, 0.05) is 60.8 Å². The number of aromatic nitrogens is 1. The van der Waals surface area contributed by atoms with Gasteiger partial charge in [-0.05, 0) is 55.4 Å². The summed E-state index contributed by atoms with van der Waals surface area (Å²) >= 11 is 0. The van der Waals surface area contributed by atoms with Gasteiger partial charge >= 0.3 is 5.97 Å². The van der Waals surface area contributed by atoms with Crippen LogP contribution in [0.3, 0.4) is 0 Å². The van der Waals surface area contributed by atoms with E-state index < -0.39 is 0 Å². The summed E-state index contributed by atoms with van der Waals surface area (Å²) in [6.45, 7) is 6.11. The molecule has 0 radical (unpaired) electrons. The Labute approximate surface area is 190 Å².